The smallest absolute Gasteiger partial charge is 0.423 e. The molecule has 1 aromatic carbocycles. The van der Waals surface area contributed by atoms with E-state index in [1.807, 2.05) is 6.07 Å². The molecule has 4 nitrogen and oxygen atoms in total. The fourth-order valence-corrected chi connectivity index (χ4v) is 0.727. The minimum atomic E-state index is -1.34. The molecule has 0 aliphatic carbocycles. The molecule has 15 heavy (non-hydrogen) atoms. The third-order valence-corrected chi connectivity index (χ3v) is 1.53. The van der Waals surface area contributed by atoms with Crippen molar-refractivity contribution in [1.29, 1.82) is 0 Å². The molecule has 0 spiro atoms. The van der Waals surface area contributed by atoms with Gasteiger partial charge in [-0.25, -0.2) is 0 Å². The van der Waals surface area contributed by atoms with Crippen LogP contribution in [0.15, 0.2) is 43.0 Å². The predicted molar refractivity (Wildman–Crippen MR) is 60.5 cm³/mol. The van der Waals surface area contributed by atoms with Gasteiger partial charge in [0.1, 0.15) is 0 Å². The lowest BCUT2D eigenvalue weighted by Gasteiger charge is -1.94. The van der Waals surface area contributed by atoms with E-state index in [-0.39, 0.29) is 5.91 Å². The quantitative estimate of drug-likeness (QED) is 0.443. The Morgan fingerprint density at radius 3 is 2.13 bits per heavy atom. The van der Waals surface area contributed by atoms with Crippen LogP contribution in [-0.4, -0.2) is 30.1 Å². The molecule has 5 heteroatoms. The highest BCUT2D eigenvalue weighted by molar-refractivity contribution is 6.58. The molecule has 0 unspecified atom stereocenters. The van der Waals surface area contributed by atoms with Crippen LogP contribution in [0, 0.1) is 0 Å². The Balaban J connectivity index is 0.000000288. The van der Waals surface area contributed by atoms with Crippen LogP contribution in [0.3, 0.4) is 0 Å². The van der Waals surface area contributed by atoms with E-state index in [2.05, 4.69) is 11.9 Å². The average Bonchev–Trinajstić information content (AvgIpc) is 2.30. The van der Waals surface area contributed by atoms with E-state index in [1.54, 1.807) is 31.3 Å². The van der Waals surface area contributed by atoms with Gasteiger partial charge in [0.2, 0.25) is 5.91 Å². The summed E-state index contributed by atoms with van der Waals surface area (Å²) in [7, 11) is 0.218. The summed E-state index contributed by atoms with van der Waals surface area (Å²) in [5, 5.41) is 19.5. The third-order valence-electron chi connectivity index (χ3n) is 1.53. The van der Waals surface area contributed by atoms with Crippen molar-refractivity contribution in [3.05, 3.63) is 43.0 Å². The lowest BCUT2D eigenvalue weighted by Crippen LogP contribution is -2.29. The predicted octanol–water partition coefficient (Wildman–Crippen LogP) is -0.715. The molecule has 0 aromatic heterocycles. The highest BCUT2D eigenvalue weighted by atomic mass is 16.4. The van der Waals surface area contributed by atoms with Crippen LogP contribution in [-0.2, 0) is 4.79 Å². The normalized spacial score (nSPS) is 8.20. The Labute approximate surface area is 89.4 Å². The van der Waals surface area contributed by atoms with Crippen LogP contribution in [0.25, 0.3) is 0 Å². The molecule has 0 fully saturated rings. The van der Waals surface area contributed by atoms with Crippen molar-refractivity contribution < 1.29 is 14.8 Å². The summed E-state index contributed by atoms with van der Waals surface area (Å²) >= 11 is 0. The van der Waals surface area contributed by atoms with Crippen LogP contribution in [0.2, 0.25) is 0 Å². The summed E-state index contributed by atoms with van der Waals surface area (Å²) < 4.78 is 0. The number of hydrogen-bond acceptors (Lipinski definition) is 3. The maximum atomic E-state index is 9.95. The first kappa shape index (κ1) is 13.4. The fraction of sp³-hybridized carbons (Fsp3) is 0.100. The summed E-state index contributed by atoms with van der Waals surface area (Å²) in [5.74, 6) is -0.144. The van der Waals surface area contributed by atoms with Gasteiger partial charge in [-0.2, -0.15) is 0 Å². The van der Waals surface area contributed by atoms with Crippen LogP contribution >= 0.6 is 0 Å². The van der Waals surface area contributed by atoms with Gasteiger partial charge in [-0.3, -0.25) is 4.79 Å². The topological polar surface area (TPSA) is 69.6 Å². The zero-order chi connectivity index (χ0) is 11.7. The lowest BCUT2D eigenvalue weighted by atomic mass is 9.81. The molecule has 1 amide bonds. The first-order valence-electron chi connectivity index (χ1n) is 4.37. The standard InChI is InChI=1S/C6H7BO2.C4H7NO/c8-7(9)6-4-2-1-3-5-6;1-3-4(6)5-2/h1-5,8-9H;3H,1H2,2H3,(H,5,6). The summed E-state index contributed by atoms with van der Waals surface area (Å²) in [6, 6.07) is 8.66. The molecule has 0 aliphatic rings. The van der Waals surface area contributed by atoms with Gasteiger partial charge in [0, 0.05) is 7.05 Å². The fourth-order valence-electron chi connectivity index (χ4n) is 0.727. The lowest BCUT2D eigenvalue weighted by molar-refractivity contribution is -0.116. The molecular weight excluding hydrogens is 193 g/mol. The number of amides is 1. The third kappa shape index (κ3) is 6.48. The van der Waals surface area contributed by atoms with Gasteiger partial charge in [-0.1, -0.05) is 36.9 Å². The van der Waals surface area contributed by atoms with Crippen LogP contribution < -0.4 is 10.8 Å². The van der Waals surface area contributed by atoms with Gasteiger partial charge in [0.25, 0.3) is 0 Å². The number of carbonyl (C=O) groups excluding carboxylic acids is 1. The second kappa shape index (κ2) is 7.79. The average molecular weight is 207 g/mol. The minimum absolute atomic E-state index is 0.144. The van der Waals surface area contributed by atoms with Crippen molar-refractivity contribution in [2.24, 2.45) is 0 Å². The van der Waals surface area contributed by atoms with Crippen molar-refractivity contribution >= 4 is 18.5 Å². The van der Waals surface area contributed by atoms with E-state index in [0.29, 0.717) is 5.46 Å². The first-order valence-corrected chi connectivity index (χ1v) is 4.37. The first-order chi connectivity index (χ1) is 7.11. The Kier molecular flexibility index (Phi) is 6.96. The van der Waals surface area contributed by atoms with Gasteiger partial charge < -0.3 is 15.4 Å². The number of hydrogen-bond donors (Lipinski definition) is 3. The van der Waals surface area contributed by atoms with Crippen molar-refractivity contribution in [2.75, 3.05) is 7.05 Å². The summed E-state index contributed by atoms with van der Waals surface area (Å²) in [5.41, 5.74) is 0.525. The van der Waals surface area contributed by atoms with Gasteiger partial charge >= 0.3 is 7.12 Å². The minimum Gasteiger partial charge on any atom is -0.423 e. The Hall–Kier alpha value is -1.59. The van der Waals surface area contributed by atoms with E-state index in [1.165, 1.54) is 6.08 Å². The van der Waals surface area contributed by atoms with E-state index in [4.69, 9.17) is 10.0 Å². The molecular formula is C10H14BNO3. The van der Waals surface area contributed by atoms with E-state index >= 15 is 0 Å². The molecule has 80 valence electrons. The number of carbonyl (C=O) groups is 1. The highest BCUT2D eigenvalue weighted by Crippen LogP contribution is 1.82. The number of likely N-dealkylation sites (N-methyl/N-ethyl adjacent to an activating group) is 1. The molecule has 0 bridgehead atoms. The maximum Gasteiger partial charge on any atom is 0.488 e. The number of nitrogens with one attached hydrogen (secondary N) is 1. The second-order valence-electron chi connectivity index (χ2n) is 2.60. The zero-order valence-corrected chi connectivity index (χ0v) is 8.55. The maximum absolute atomic E-state index is 9.95. The molecule has 0 aliphatic heterocycles. The molecule has 3 N–H and O–H groups in total. The molecule has 1 aromatic rings. The van der Waals surface area contributed by atoms with Crippen molar-refractivity contribution in [2.45, 2.75) is 0 Å². The zero-order valence-electron chi connectivity index (χ0n) is 8.55. The van der Waals surface area contributed by atoms with Gasteiger partial charge in [-0.05, 0) is 11.5 Å². The van der Waals surface area contributed by atoms with E-state index < -0.39 is 7.12 Å². The van der Waals surface area contributed by atoms with Crippen molar-refractivity contribution in [1.82, 2.24) is 5.32 Å². The molecule has 0 atom stereocenters. The van der Waals surface area contributed by atoms with Gasteiger partial charge in [0.05, 0.1) is 0 Å². The van der Waals surface area contributed by atoms with Crippen LogP contribution in [0.5, 0.6) is 0 Å². The molecule has 0 saturated carbocycles. The van der Waals surface area contributed by atoms with Crippen LogP contribution in [0.1, 0.15) is 0 Å². The van der Waals surface area contributed by atoms with Gasteiger partial charge in [0.15, 0.2) is 0 Å². The van der Waals surface area contributed by atoms with Gasteiger partial charge in [-0.15, -0.1) is 0 Å². The summed E-state index contributed by atoms with van der Waals surface area (Å²) in [6.07, 6.45) is 1.22. The van der Waals surface area contributed by atoms with E-state index in [9.17, 15) is 4.79 Å². The molecule has 1 rings (SSSR count). The Bertz CT molecular complexity index is 301. The van der Waals surface area contributed by atoms with E-state index in [0.717, 1.165) is 0 Å². The van der Waals surface area contributed by atoms with Crippen molar-refractivity contribution in [3.63, 3.8) is 0 Å². The molecule has 0 saturated heterocycles. The Morgan fingerprint density at radius 2 is 1.93 bits per heavy atom. The van der Waals surface area contributed by atoms with Crippen molar-refractivity contribution in [3.8, 4) is 0 Å². The highest BCUT2D eigenvalue weighted by Gasteiger charge is 2.07. The molecule has 0 radical (unpaired) electrons. The Morgan fingerprint density at radius 1 is 1.40 bits per heavy atom. The number of rotatable bonds is 2. The second-order valence-corrected chi connectivity index (χ2v) is 2.60. The monoisotopic (exact) mass is 207 g/mol. The SMILES string of the molecule is C=CC(=O)NC.OB(O)c1ccccc1. The largest absolute Gasteiger partial charge is 0.488 e. The number of benzene rings is 1. The summed E-state index contributed by atoms with van der Waals surface area (Å²) in [6.45, 7) is 3.22. The van der Waals surface area contributed by atoms with Crippen LogP contribution in [0.4, 0.5) is 0 Å². The summed E-state index contributed by atoms with van der Waals surface area (Å²) in [4.78, 5) is 9.95. The molecule has 0 heterocycles.